The van der Waals surface area contributed by atoms with Gasteiger partial charge in [-0.15, -0.1) is 0 Å². The van der Waals surface area contributed by atoms with Crippen LogP contribution in [0.3, 0.4) is 0 Å². The van der Waals surface area contributed by atoms with Crippen LogP contribution in [-0.4, -0.2) is 24.2 Å². The molecule has 3 heteroatoms. The Kier molecular flexibility index (Phi) is 7.25. The molecule has 0 spiro atoms. The molecule has 0 heterocycles. The van der Waals surface area contributed by atoms with Crippen molar-refractivity contribution in [3.05, 3.63) is 0 Å². The highest BCUT2D eigenvalue weighted by atomic mass is 16.3. The predicted octanol–water partition coefficient (Wildman–Crippen LogP) is 2.48. The standard InChI is InChI=1S/C14H27NO2/c1-2-5-13(8-9-16)11-15-14(17)10-12-6-3-4-7-12/h12-13,16H,2-11H2,1H3,(H,15,17). The van der Waals surface area contributed by atoms with Gasteiger partial charge in [0.1, 0.15) is 0 Å². The number of amides is 1. The number of carbonyl (C=O) groups excluding carboxylic acids is 1. The lowest BCUT2D eigenvalue weighted by atomic mass is 9.99. The summed E-state index contributed by atoms with van der Waals surface area (Å²) < 4.78 is 0. The van der Waals surface area contributed by atoms with Gasteiger partial charge in [-0.25, -0.2) is 0 Å². The van der Waals surface area contributed by atoms with E-state index in [1.54, 1.807) is 0 Å². The summed E-state index contributed by atoms with van der Waals surface area (Å²) in [6.07, 6.45) is 8.75. The van der Waals surface area contributed by atoms with Crippen LogP contribution in [0.2, 0.25) is 0 Å². The third kappa shape index (κ3) is 6.06. The second kappa shape index (κ2) is 8.51. The van der Waals surface area contributed by atoms with Gasteiger partial charge in [0.05, 0.1) is 0 Å². The molecule has 1 atom stereocenters. The molecule has 1 rings (SSSR count). The van der Waals surface area contributed by atoms with Crippen molar-refractivity contribution in [1.29, 1.82) is 0 Å². The minimum absolute atomic E-state index is 0.205. The fraction of sp³-hybridized carbons (Fsp3) is 0.929. The molecule has 0 aromatic heterocycles. The first-order valence-corrected chi connectivity index (χ1v) is 7.13. The smallest absolute Gasteiger partial charge is 0.220 e. The highest BCUT2D eigenvalue weighted by molar-refractivity contribution is 5.76. The summed E-state index contributed by atoms with van der Waals surface area (Å²) >= 11 is 0. The van der Waals surface area contributed by atoms with E-state index in [-0.39, 0.29) is 12.5 Å². The van der Waals surface area contributed by atoms with E-state index >= 15 is 0 Å². The number of aliphatic hydroxyl groups excluding tert-OH is 1. The van der Waals surface area contributed by atoms with Gasteiger partial charge >= 0.3 is 0 Å². The number of aliphatic hydroxyl groups is 1. The molecule has 1 fully saturated rings. The highest BCUT2D eigenvalue weighted by Gasteiger charge is 2.18. The Hall–Kier alpha value is -0.570. The summed E-state index contributed by atoms with van der Waals surface area (Å²) in [7, 11) is 0. The normalized spacial score (nSPS) is 18.2. The van der Waals surface area contributed by atoms with Crippen molar-refractivity contribution < 1.29 is 9.90 Å². The Morgan fingerprint density at radius 2 is 2.06 bits per heavy atom. The molecular formula is C14H27NO2. The maximum absolute atomic E-state index is 11.7. The SMILES string of the molecule is CCCC(CCO)CNC(=O)CC1CCCC1. The van der Waals surface area contributed by atoms with Gasteiger partial charge in [-0.2, -0.15) is 0 Å². The van der Waals surface area contributed by atoms with Gasteiger partial charge in [-0.05, 0) is 37.5 Å². The molecule has 2 N–H and O–H groups in total. The average molecular weight is 241 g/mol. The topological polar surface area (TPSA) is 49.3 Å². The molecule has 100 valence electrons. The van der Waals surface area contributed by atoms with E-state index in [0.717, 1.165) is 25.8 Å². The van der Waals surface area contributed by atoms with Crippen molar-refractivity contribution in [2.45, 2.75) is 58.3 Å². The number of nitrogens with one attached hydrogen (secondary N) is 1. The van der Waals surface area contributed by atoms with Crippen molar-refractivity contribution in [2.24, 2.45) is 11.8 Å². The minimum atomic E-state index is 0.205. The summed E-state index contributed by atoms with van der Waals surface area (Å²) in [6.45, 7) is 3.10. The Bertz CT molecular complexity index is 206. The van der Waals surface area contributed by atoms with Crippen LogP contribution in [0.15, 0.2) is 0 Å². The van der Waals surface area contributed by atoms with E-state index in [1.165, 1.54) is 25.7 Å². The van der Waals surface area contributed by atoms with E-state index in [2.05, 4.69) is 12.2 Å². The first-order chi connectivity index (χ1) is 8.26. The van der Waals surface area contributed by atoms with Gasteiger partial charge in [-0.3, -0.25) is 4.79 Å². The third-order valence-corrected chi connectivity index (χ3v) is 3.77. The third-order valence-electron chi connectivity index (χ3n) is 3.77. The van der Waals surface area contributed by atoms with Crippen LogP contribution in [0.25, 0.3) is 0 Å². The fourth-order valence-electron chi connectivity index (χ4n) is 2.75. The molecule has 0 saturated heterocycles. The monoisotopic (exact) mass is 241 g/mol. The number of hydrogen-bond donors (Lipinski definition) is 2. The highest BCUT2D eigenvalue weighted by Crippen LogP contribution is 2.27. The molecule has 17 heavy (non-hydrogen) atoms. The molecule has 1 amide bonds. The Balaban J connectivity index is 2.15. The molecule has 1 saturated carbocycles. The van der Waals surface area contributed by atoms with Gasteiger partial charge in [0, 0.05) is 19.6 Å². The molecular weight excluding hydrogens is 214 g/mol. The van der Waals surface area contributed by atoms with E-state index in [4.69, 9.17) is 5.11 Å². The van der Waals surface area contributed by atoms with Gasteiger partial charge in [0.25, 0.3) is 0 Å². The van der Waals surface area contributed by atoms with Gasteiger partial charge < -0.3 is 10.4 Å². The molecule has 0 aromatic carbocycles. The quantitative estimate of drug-likeness (QED) is 0.686. The van der Waals surface area contributed by atoms with Crippen LogP contribution in [0.5, 0.6) is 0 Å². The van der Waals surface area contributed by atoms with E-state index in [9.17, 15) is 4.79 Å². The Labute approximate surface area is 105 Å². The van der Waals surface area contributed by atoms with E-state index in [0.29, 0.717) is 18.3 Å². The van der Waals surface area contributed by atoms with Crippen LogP contribution in [0, 0.1) is 11.8 Å². The van der Waals surface area contributed by atoms with Crippen molar-refractivity contribution in [3.8, 4) is 0 Å². The van der Waals surface area contributed by atoms with Crippen LogP contribution >= 0.6 is 0 Å². The minimum Gasteiger partial charge on any atom is -0.396 e. The van der Waals surface area contributed by atoms with Crippen LogP contribution in [0.4, 0.5) is 0 Å². The summed E-state index contributed by atoms with van der Waals surface area (Å²) in [6, 6.07) is 0. The number of carbonyl (C=O) groups is 1. The molecule has 3 nitrogen and oxygen atoms in total. The summed E-state index contributed by atoms with van der Waals surface area (Å²) in [5.74, 6) is 1.27. The lowest BCUT2D eigenvalue weighted by Gasteiger charge is -2.16. The molecule has 1 unspecified atom stereocenters. The maximum atomic E-state index is 11.7. The summed E-state index contributed by atoms with van der Waals surface area (Å²) in [5, 5.41) is 12.0. The second-order valence-electron chi connectivity index (χ2n) is 5.33. The van der Waals surface area contributed by atoms with Crippen molar-refractivity contribution in [2.75, 3.05) is 13.2 Å². The van der Waals surface area contributed by atoms with Crippen LogP contribution < -0.4 is 5.32 Å². The first-order valence-electron chi connectivity index (χ1n) is 7.13. The van der Waals surface area contributed by atoms with Crippen LogP contribution in [-0.2, 0) is 4.79 Å². The number of rotatable bonds is 8. The first kappa shape index (κ1) is 14.5. The molecule has 0 bridgehead atoms. The van der Waals surface area contributed by atoms with Crippen molar-refractivity contribution in [1.82, 2.24) is 5.32 Å². The molecule has 0 aromatic rings. The number of hydrogen-bond acceptors (Lipinski definition) is 2. The van der Waals surface area contributed by atoms with Gasteiger partial charge in [0.15, 0.2) is 0 Å². The van der Waals surface area contributed by atoms with Crippen molar-refractivity contribution in [3.63, 3.8) is 0 Å². The zero-order valence-electron chi connectivity index (χ0n) is 11.1. The summed E-state index contributed by atoms with van der Waals surface area (Å²) in [5.41, 5.74) is 0. The largest absolute Gasteiger partial charge is 0.396 e. The molecule has 1 aliphatic rings. The second-order valence-corrected chi connectivity index (χ2v) is 5.33. The van der Waals surface area contributed by atoms with Crippen molar-refractivity contribution >= 4 is 5.91 Å². The maximum Gasteiger partial charge on any atom is 0.220 e. The Morgan fingerprint density at radius 3 is 2.65 bits per heavy atom. The zero-order valence-corrected chi connectivity index (χ0v) is 11.1. The lowest BCUT2D eigenvalue weighted by Crippen LogP contribution is -2.30. The summed E-state index contributed by atoms with van der Waals surface area (Å²) in [4.78, 5) is 11.7. The Morgan fingerprint density at radius 1 is 1.35 bits per heavy atom. The molecule has 1 aliphatic carbocycles. The van der Waals surface area contributed by atoms with Gasteiger partial charge in [0.2, 0.25) is 5.91 Å². The van der Waals surface area contributed by atoms with E-state index < -0.39 is 0 Å². The molecule has 0 aliphatic heterocycles. The fourth-order valence-corrected chi connectivity index (χ4v) is 2.75. The van der Waals surface area contributed by atoms with Gasteiger partial charge in [-0.1, -0.05) is 26.2 Å². The lowest BCUT2D eigenvalue weighted by molar-refractivity contribution is -0.122. The molecule has 0 radical (unpaired) electrons. The average Bonchev–Trinajstić information content (AvgIpc) is 2.79. The predicted molar refractivity (Wildman–Crippen MR) is 69.7 cm³/mol. The van der Waals surface area contributed by atoms with E-state index in [1.807, 2.05) is 0 Å². The van der Waals surface area contributed by atoms with Crippen LogP contribution in [0.1, 0.15) is 58.3 Å². The zero-order chi connectivity index (χ0) is 12.5.